The topological polar surface area (TPSA) is 65.0 Å². The van der Waals surface area contributed by atoms with E-state index in [1.54, 1.807) is 0 Å². The lowest BCUT2D eigenvalue weighted by molar-refractivity contribution is 0.0945. The number of rotatable bonds is 4. The van der Waals surface area contributed by atoms with Crippen LogP contribution in [0.1, 0.15) is 42.1 Å². The molecule has 3 rings (SSSR count). The zero-order valence-electron chi connectivity index (χ0n) is 12.7. The monoisotopic (exact) mass is 320 g/mol. The van der Waals surface area contributed by atoms with Gasteiger partial charge < -0.3 is 5.11 Å². The molecule has 2 aromatic rings. The average Bonchev–Trinajstić information content (AvgIpc) is 2.95. The Kier molecular flexibility index (Phi) is 4.76. The van der Waals surface area contributed by atoms with Crippen LogP contribution in [0.2, 0.25) is 5.02 Å². The van der Waals surface area contributed by atoms with E-state index in [9.17, 15) is 5.11 Å². The van der Waals surface area contributed by atoms with Gasteiger partial charge in [-0.2, -0.15) is 5.10 Å². The van der Waals surface area contributed by atoms with Crippen LogP contribution < -0.4 is 0 Å². The molecule has 1 aliphatic rings. The minimum absolute atomic E-state index is 0.344. The average molecular weight is 321 g/mol. The number of likely N-dealkylation sites (tertiary alicyclic amines) is 1. The molecule has 118 valence electrons. The highest BCUT2D eigenvalue weighted by atomic mass is 35.5. The summed E-state index contributed by atoms with van der Waals surface area (Å²) < 4.78 is 0. The number of aryl methyl sites for hydroxylation is 1. The fourth-order valence-electron chi connectivity index (χ4n) is 3.01. The van der Waals surface area contributed by atoms with Crippen LogP contribution in [0.15, 0.2) is 24.3 Å². The van der Waals surface area contributed by atoms with E-state index in [1.165, 1.54) is 0 Å². The molecule has 6 heteroatoms. The summed E-state index contributed by atoms with van der Waals surface area (Å²) in [5, 5.41) is 18.3. The van der Waals surface area contributed by atoms with Crippen molar-refractivity contribution in [3.63, 3.8) is 0 Å². The lowest BCUT2D eigenvalue weighted by Gasteiger charge is -2.32. The van der Waals surface area contributed by atoms with Gasteiger partial charge in [0.1, 0.15) is 5.82 Å². The molecule has 1 aliphatic heterocycles. The normalized spacial score (nSPS) is 21.0. The number of halogens is 1. The predicted molar refractivity (Wildman–Crippen MR) is 85.9 cm³/mol. The second-order valence-corrected chi connectivity index (χ2v) is 6.38. The van der Waals surface area contributed by atoms with Gasteiger partial charge in [-0.1, -0.05) is 23.7 Å². The van der Waals surface area contributed by atoms with Crippen LogP contribution in [0.3, 0.4) is 0 Å². The number of benzene rings is 1. The Bertz CT molecular complexity index is 613. The zero-order valence-corrected chi connectivity index (χ0v) is 13.4. The highest BCUT2D eigenvalue weighted by molar-refractivity contribution is 6.30. The number of β-amino-alcohol motifs (C(OH)–C–C–N with tert-alkyl or cyclic N) is 1. The fourth-order valence-corrected chi connectivity index (χ4v) is 3.14. The van der Waals surface area contributed by atoms with Gasteiger partial charge in [0, 0.05) is 24.0 Å². The van der Waals surface area contributed by atoms with Crippen molar-refractivity contribution in [2.45, 2.75) is 31.8 Å². The third kappa shape index (κ3) is 3.66. The quantitative estimate of drug-likeness (QED) is 0.909. The van der Waals surface area contributed by atoms with Crippen LogP contribution >= 0.6 is 11.6 Å². The molecule has 1 saturated heterocycles. The minimum Gasteiger partial charge on any atom is -0.387 e. The number of aromatic nitrogens is 3. The molecule has 22 heavy (non-hydrogen) atoms. The summed E-state index contributed by atoms with van der Waals surface area (Å²) in [5.74, 6) is 2.09. The number of nitrogens with zero attached hydrogens (tertiary/aromatic N) is 3. The minimum atomic E-state index is -0.495. The van der Waals surface area contributed by atoms with Gasteiger partial charge in [-0.3, -0.25) is 10.00 Å². The molecule has 2 N–H and O–H groups in total. The van der Waals surface area contributed by atoms with E-state index in [2.05, 4.69) is 20.1 Å². The van der Waals surface area contributed by atoms with E-state index in [0.29, 0.717) is 17.5 Å². The Morgan fingerprint density at radius 2 is 2.18 bits per heavy atom. The standard InChI is InChI=1S/C16H21ClN4O/c1-11-18-16(20-19-11)13-3-2-8-21(9-13)10-15(22)12-4-6-14(17)7-5-12/h4-7,13,15,22H,2-3,8-10H2,1H3,(H,18,19,20). The summed E-state index contributed by atoms with van der Waals surface area (Å²) in [4.78, 5) is 6.74. The first-order valence-corrected chi connectivity index (χ1v) is 8.04. The van der Waals surface area contributed by atoms with E-state index >= 15 is 0 Å². The number of piperidine rings is 1. The van der Waals surface area contributed by atoms with Crippen molar-refractivity contribution in [1.82, 2.24) is 20.1 Å². The van der Waals surface area contributed by atoms with Gasteiger partial charge in [0.05, 0.1) is 6.10 Å². The van der Waals surface area contributed by atoms with E-state index < -0.39 is 6.10 Å². The Morgan fingerprint density at radius 3 is 2.86 bits per heavy atom. The number of aromatic amines is 1. The van der Waals surface area contributed by atoms with Gasteiger partial charge >= 0.3 is 0 Å². The van der Waals surface area contributed by atoms with Crippen LogP contribution in [-0.2, 0) is 0 Å². The molecule has 1 aromatic carbocycles. The molecule has 0 bridgehead atoms. The van der Waals surface area contributed by atoms with E-state index in [0.717, 1.165) is 43.1 Å². The molecule has 1 aromatic heterocycles. The van der Waals surface area contributed by atoms with Gasteiger partial charge in [-0.15, -0.1) is 0 Å². The van der Waals surface area contributed by atoms with Crippen LogP contribution in [0.5, 0.6) is 0 Å². The molecule has 5 nitrogen and oxygen atoms in total. The SMILES string of the molecule is Cc1nc(C2CCCN(CC(O)c3ccc(Cl)cc3)C2)n[nH]1. The van der Waals surface area contributed by atoms with Gasteiger partial charge in [0.2, 0.25) is 0 Å². The van der Waals surface area contributed by atoms with E-state index in [4.69, 9.17) is 11.6 Å². The lowest BCUT2D eigenvalue weighted by atomic mass is 9.96. The smallest absolute Gasteiger partial charge is 0.155 e. The van der Waals surface area contributed by atoms with Crippen molar-refractivity contribution in [3.8, 4) is 0 Å². The molecule has 2 heterocycles. The molecule has 1 fully saturated rings. The maximum Gasteiger partial charge on any atom is 0.155 e. The summed E-state index contributed by atoms with van der Waals surface area (Å²) in [6, 6.07) is 7.39. The third-order valence-corrected chi connectivity index (χ3v) is 4.42. The van der Waals surface area contributed by atoms with Gasteiger partial charge in [0.15, 0.2) is 5.82 Å². The van der Waals surface area contributed by atoms with E-state index in [1.807, 2.05) is 31.2 Å². The summed E-state index contributed by atoms with van der Waals surface area (Å²) >= 11 is 5.89. The number of aliphatic hydroxyl groups excluding tert-OH is 1. The van der Waals surface area contributed by atoms with Gasteiger partial charge in [0.25, 0.3) is 0 Å². The number of hydrogen-bond donors (Lipinski definition) is 2. The summed E-state index contributed by atoms with van der Waals surface area (Å²) in [6.07, 6.45) is 1.71. The first kappa shape index (κ1) is 15.5. The van der Waals surface area contributed by atoms with Crippen LogP contribution in [0.4, 0.5) is 0 Å². The molecule has 0 aliphatic carbocycles. The van der Waals surface area contributed by atoms with Crippen molar-refractivity contribution in [2.75, 3.05) is 19.6 Å². The second kappa shape index (κ2) is 6.77. The van der Waals surface area contributed by atoms with Crippen LogP contribution in [-0.4, -0.2) is 44.8 Å². The number of nitrogens with one attached hydrogen (secondary N) is 1. The predicted octanol–water partition coefficient (Wildman–Crippen LogP) is 2.68. The third-order valence-electron chi connectivity index (χ3n) is 4.17. The Labute approximate surface area is 135 Å². The molecule has 0 saturated carbocycles. The van der Waals surface area contributed by atoms with Crippen LogP contribution in [0.25, 0.3) is 0 Å². The highest BCUT2D eigenvalue weighted by Crippen LogP contribution is 2.26. The van der Waals surface area contributed by atoms with Crippen molar-refractivity contribution in [2.24, 2.45) is 0 Å². The maximum atomic E-state index is 10.4. The van der Waals surface area contributed by atoms with Crippen molar-refractivity contribution in [3.05, 3.63) is 46.5 Å². The van der Waals surface area contributed by atoms with Crippen molar-refractivity contribution in [1.29, 1.82) is 0 Å². The first-order chi connectivity index (χ1) is 10.6. The Balaban J connectivity index is 1.61. The number of H-pyrrole nitrogens is 1. The number of hydrogen-bond acceptors (Lipinski definition) is 4. The highest BCUT2D eigenvalue weighted by Gasteiger charge is 2.25. The van der Waals surface area contributed by atoms with E-state index in [-0.39, 0.29) is 0 Å². The molecular weight excluding hydrogens is 300 g/mol. The molecule has 2 atom stereocenters. The Morgan fingerprint density at radius 1 is 1.41 bits per heavy atom. The molecular formula is C16H21ClN4O. The lowest BCUT2D eigenvalue weighted by Crippen LogP contribution is -2.37. The molecule has 0 radical (unpaired) electrons. The van der Waals surface area contributed by atoms with Crippen molar-refractivity contribution >= 4 is 11.6 Å². The van der Waals surface area contributed by atoms with Crippen molar-refractivity contribution < 1.29 is 5.11 Å². The van der Waals surface area contributed by atoms with Gasteiger partial charge in [-0.05, 0) is 44.0 Å². The summed E-state index contributed by atoms with van der Waals surface area (Å²) in [5.41, 5.74) is 0.903. The Hall–Kier alpha value is -1.43. The molecule has 0 amide bonds. The largest absolute Gasteiger partial charge is 0.387 e. The van der Waals surface area contributed by atoms with Crippen LogP contribution in [0, 0.1) is 6.92 Å². The fraction of sp³-hybridized carbons (Fsp3) is 0.500. The molecule has 0 spiro atoms. The first-order valence-electron chi connectivity index (χ1n) is 7.66. The zero-order chi connectivity index (χ0) is 15.5. The molecule has 2 unspecified atom stereocenters. The maximum absolute atomic E-state index is 10.4. The second-order valence-electron chi connectivity index (χ2n) is 5.95. The van der Waals surface area contributed by atoms with Gasteiger partial charge in [-0.25, -0.2) is 4.98 Å². The summed E-state index contributed by atoms with van der Waals surface area (Å²) in [7, 11) is 0. The summed E-state index contributed by atoms with van der Waals surface area (Å²) in [6.45, 7) is 4.44. The number of aliphatic hydroxyl groups is 1.